The normalized spacial score (nSPS) is 12.2. The number of anilines is 1. The second-order valence-corrected chi connectivity index (χ2v) is 11.7. The van der Waals surface area contributed by atoms with Gasteiger partial charge in [-0.3, -0.25) is 13.9 Å². The van der Waals surface area contributed by atoms with E-state index in [2.05, 4.69) is 5.32 Å². The fourth-order valence-corrected chi connectivity index (χ4v) is 5.28. The molecule has 0 bridgehead atoms. The third kappa shape index (κ3) is 8.15. The van der Waals surface area contributed by atoms with Gasteiger partial charge in [-0.1, -0.05) is 84.9 Å². The van der Waals surface area contributed by atoms with Crippen LogP contribution in [0.5, 0.6) is 0 Å². The van der Waals surface area contributed by atoms with Gasteiger partial charge in [0.05, 0.1) is 27.0 Å². The van der Waals surface area contributed by atoms with Crippen molar-refractivity contribution in [1.82, 2.24) is 10.2 Å². The zero-order valence-electron chi connectivity index (χ0n) is 20.2. The van der Waals surface area contributed by atoms with E-state index in [0.29, 0.717) is 23.6 Å². The monoisotopic (exact) mass is 595 g/mol. The average molecular weight is 597 g/mol. The van der Waals surface area contributed by atoms with Gasteiger partial charge in [-0.05, 0) is 36.6 Å². The van der Waals surface area contributed by atoms with Crippen LogP contribution >= 0.6 is 46.4 Å². The number of benzene rings is 2. The molecular formula is C24H29Cl4N3O4S. The minimum absolute atomic E-state index is 0.0000518. The highest BCUT2D eigenvalue weighted by molar-refractivity contribution is 7.92. The lowest BCUT2D eigenvalue weighted by atomic mass is 10.1. The summed E-state index contributed by atoms with van der Waals surface area (Å²) >= 11 is 24.7. The van der Waals surface area contributed by atoms with Gasteiger partial charge in [0.2, 0.25) is 21.8 Å². The first kappa shape index (κ1) is 30.5. The first-order valence-electron chi connectivity index (χ1n) is 11.3. The summed E-state index contributed by atoms with van der Waals surface area (Å²) in [5.41, 5.74) is 0.617. The van der Waals surface area contributed by atoms with Crippen molar-refractivity contribution in [1.29, 1.82) is 0 Å². The standard InChI is InChI=1S/C24H29Cl4N3O4S/c1-4-6-11-29-24(33)21(5-2)30(14-16-9-7-8-10-17(16)25)23(32)15-31(36(3,34)35)22-13-19(27)18(26)12-20(22)28/h7-10,12-13,21H,4-6,11,14-15H2,1-3H3,(H,29,33). The lowest BCUT2D eigenvalue weighted by Crippen LogP contribution is -2.52. The lowest BCUT2D eigenvalue weighted by Gasteiger charge is -2.33. The number of carbonyl (C=O) groups excluding carboxylic acids is 2. The van der Waals surface area contributed by atoms with Gasteiger partial charge in [0, 0.05) is 18.1 Å². The zero-order chi connectivity index (χ0) is 27.0. The number of hydrogen-bond donors (Lipinski definition) is 1. The molecule has 0 aliphatic heterocycles. The molecule has 1 atom stereocenters. The Morgan fingerprint density at radius 1 is 0.972 bits per heavy atom. The fraction of sp³-hybridized carbons (Fsp3) is 0.417. The predicted molar refractivity (Wildman–Crippen MR) is 148 cm³/mol. The van der Waals surface area contributed by atoms with E-state index in [0.717, 1.165) is 23.4 Å². The summed E-state index contributed by atoms with van der Waals surface area (Å²) in [7, 11) is -3.98. The summed E-state index contributed by atoms with van der Waals surface area (Å²) < 4.78 is 26.3. The molecule has 2 aromatic carbocycles. The second kappa shape index (κ2) is 13.7. The van der Waals surface area contributed by atoms with E-state index in [-0.39, 0.29) is 33.2 Å². The Balaban J connectivity index is 2.48. The molecule has 0 spiro atoms. The third-order valence-corrected chi connectivity index (χ3v) is 7.97. The summed E-state index contributed by atoms with van der Waals surface area (Å²) in [5, 5.41) is 3.50. The molecule has 2 amide bonds. The van der Waals surface area contributed by atoms with Gasteiger partial charge in [0.1, 0.15) is 12.6 Å². The van der Waals surface area contributed by atoms with Crippen molar-refractivity contribution in [2.75, 3.05) is 23.7 Å². The van der Waals surface area contributed by atoms with E-state index in [1.807, 2.05) is 6.92 Å². The van der Waals surface area contributed by atoms with E-state index < -0.39 is 28.5 Å². The molecule has 0 radical (unpaired) electrons. The number of unbranched alkanes of at least 4 members (excludes halogenated alkanes) is 1. The Kier molecular flexibility index (Phi) is 11.6. The topological polar surface area (TPSA) is 86.8 Å². The van der Waals surface area contributed by atoms with Crippen LogP contribution in [0, 0.1) is 0 Å². The molecule has 0 aliphatic rings. The number of sulfonamides is 1. The Morgan fingerprint density at radius 3 is 2.19 bits per heavy atom. The van der Waals surface area contributed by atoms with Crippen LogP contribution in [0.3, 0.4) is 0 Å². The van der Waals surface area contributed by atoms with Gasteiger partial charge < -0.3 is 10.2 Å². The van der Waals surface area contributed by atoms with Crippen molar-refractivity contribution in [2.45, 2.75) is 45.7 Å². The smallest absolute Gasteiger partial charge is 0.244 e. The Bertz CT molecular complexity index is 1190. The summed E-state index contributed by atoms with van der Waals surface area (Å²) in [4.78, 5) is 28.1. The quantitative estimate of drug-likeness (QED) is 0.248. The molecule has 36 heavy (non-hydrogen) atoms. The minimum Gasteiger partial charge on any atom is -0.354 e. The third-order valence-electron chi connectivity index (χ3n) is 5.45. The van der Waals surface area contributed by atoms with Crippen LogP contribution in [-0.2, 0) is 26.2 Å². The van der Waals surface area contributed by atoms with Crippen LogP contribution in [0.2, 0.25) is 20.1 Å². The first-order chi connectivity index (χ1) is 16.9. The van der Waals surface area contributed by atoms with E-state index in [1.54, 1.807) is 31.2 Å². The van der Waals surface area contributed by atoms with Crippen LogP contribution in [0.25, 0.3) is 0 Å². The Morgan fingerprint density at radius 2 is 1.61 bits per heavy atom. The molecule has 0 saturated heterocycles. The summed E-state index contributed by atoms with van der Waals surface area (Å²) in [6.07, 6.45) is 2.94. The maximum absolute atomic E-state index is 13.7. The van der Waals surface area contributed by atoms with Crippen molar-refractivity contribution in [3.8, 4) is 0 Å². The number of nitrogens with one attached hydrogen (secondary N) is 1. The molecule has 12 heteroatoms. The number of carbonyl (C=O) groups is 2. The van der Waals surface area contributed by atoms with Gasteiger partial charge in [0.25, 0.3) is 0 Å². The molecule has 0 saturated carbocycles. The number of halogens is 4. The second-order valence-electron chi connectivity index (χ2n) is 8.17. The van der Waals surface area contributed by atoms with Crippen molar-refractivity contribution in [3.05, 3.63) is 62.1 Å². The molecule has 0 aliphatic carbocycles. The lowest BCUT2D eigenvalue weighted by molar-refractivity contribution is -0.140. The highest BCUT2D eigenvalue weighted by Gasteiger charge is 2.32. The molecule has 2 rings (SSSR count). The summed E-state index contributed by atoms with van der Waals surface area (Å²) in [5.74, 6) is -0.940. The Hall–Kier alpha value is -1.71. The minimum atomic E-state index is -3.98. The highest BCUT2D eigenvalue weighted by Crippen LogP contribution is 2.35. The van der Waals surface area contributed by atoms with E-state index in [1.165, 1.54) is 17.0 Å². The average Bonchev–Trinajstić information content (AvgIpc) is 2.80. The molecule has 7 nitrogen and oxygen atoms in total. The van der Waals surface area contributed by atoms with Gasteiger partial charge >= 0.3 is 0 Å². The van der Waals surface area contributed by atoms with Gasteiger partial charge in [0.15, 0.2) is 0 Å². The number of hydrogen-bond acceptors (Lipinski definition) is 4. The van der Waals surface area contributed by atoms with E-state index in [9.17, 15) is 18.0 Å². The number of nitrogens with zero attached hydrogens (tertiary/aromatic N) is 2. The SMILES string of the molecule is CCCCNC(=O)C(CC)N(Cc1ccccc1Cl)C(=O)CN(c1cc(Cl)c(Cl)cc1Cl)S(C)(=O)=O. The largest absolute Gasteiger partial charge is 0.354 e. The van der Waals surface area contributed by atoms with Crippen molar-refractivity contribution >= 4 is 73.9 Å². The Labute approximate surface area is 232 Å². The van der Waals surface area contributed by atoms with Crippen molar-refractivity contribution < 1.29 is 18.0 Å². The summed E-state index contributed by atoms with van der Waals surface area (Å²) in [6, 6.07) is 8.69. The number of rotatable bonds is 12. The van der Waals surface area contributed by atoms with Crippen LogP contribution in [0.15, 0.2) is 36.4 Å². The van der Waals surface area contributed by atoms with E-state index >= 15 is 0 Å². The van der Waals surface area contributed by atoms with Crippen LogP contribution in [0.4, 0.5) is 5.69 Å². The number of amides is 2. The summed E-state index contributed by atoms with van der Waals surface area (Å²) in [6.45, 7) is 3.64. The molecule has 0 heterocycles. The van der Waals surface area contributed by atoms with Crippen LogP contribution < -0.4 is 9.62 Å². The maximum Gasteiger partial charge on any atom is 0.244 e. The first-order valence-corrected chi connectivity index (χ1v) is 14.7. The molecule has 2 aromatic rings. The molecular weight excluding hydrogens is 568 g/mol. The maximum atomic E-state index is 13.7. The van der Waals surface area contributed by atoms with Gasteiger partial charge in [-0.25, -0.2) is 8.42 Å². The zero-order valence-corrected chi connectivity index (χ0v) is 24.1. The highest BCUT2D eigenvalue weighted by atomic mass is 35.5. The van der Waals surface area contributed by atoms with E-state index in [4.69, 9.17) is 46.4 Å². The predicted octanol–water partition coefficient (Wildman–Crippen LogP) is 5.79. The molecule has 0 fully saturated rings. The van der Waals surface area contributed by atoms with Crippen LogP contribution in [0.1, 0.15) is 38.7 Å². The molecule has 0 aromatic heterocycles. The fourth-order valence-electron chi connectivity index (χ4n) is 3.53. The molecule has 1 unspecified atom stereocenters. The molecule has 1 N–H and O–H groups in total. The van der Waals surface area contributed by atoms with Gasteiger partial charge in [-0.2, -0.15) is 0 Å². The molecule has 198 valence electrons. The van der Waals surface area contributed by atoms with Crippen molar-refractivity contribution in [3.63, 3.8) is 0 Å². The van der Waals surface area contributed by atoms with Crippen LogP contribution in [-0.4, -0.2) is 50.5 Å². The van der Waals surface area contributed by atoms with Gasteiger partial charge in [-0.15, -0.1) is 0 Å². The van der Waals surface area contributed by atoms with Crippen molar-refractivity contribution in [2.24, 2.45) is 0 Å².